The number of primary amides is 1. The number of fused-ring (bicyclic) bond motifs is 2. The Morgan fingerprint density at radius 2 is 1.47 bits per heavy atom. The van der Waals surface area contributed by atoms with Gasteiger partial charge in [-0.1, -0.05) is 80.4 Å². The molecule has 2 aliphatic rings. The number of benzene rings is 1. The lowest BCUT2D eigenvalue weighted by Crippen LogP contribution is -2.63. The zero-order chi connectivity index (χ0) is 49.7. The smallest absolute Gasteiger partial charge is 0.329 e. The first kappa shape index (κ1) is 54.1. The second kappa shape index (κ2) is 24.4. The first-order valence-corrected chi connectivity index (χ1v) is 22.7. The van der Waals surface area contributed by atoms with Gasteiger partial charge < -0.3 is 52.2 Å². The quantitative estimate of drug-likeness (QED) is 0.115. The van der Waals surface area contributed by atoms with E-state index in [4.69, 9.17) is 10.5 Å². The third-order valence-electron chi connectivity index (χ3n) is 12.1. The van der Waals surface area contributed by atoms with Crippen LogP contribution in [0.15, 0.2) is 36.2 Å². The molecule has 20 nitrogen and oxygen atoms in total. The van der Waals surface area contributed by atoms with E-state index in [0.29, 0.717) is 18.4 Å². The van der Waals surface area contributed by atoms with Gasteiger partial charge in [-0.25, -0.2) is 4.79 Å². The summed E-state index contributed by atoms with van der Waals surface area (Å²) in [5.74, 6) is -10.1. The van der Waals surface area contributed by atoms with Crippen LogP contribution in [0.4, 0.5) is 0 Å². The number of aliphatic hydroxyl groups excluding tert-OH is 1. The first-order chi connectivity index (χ1) is 30.9. The number of nitrogens with two attached hydrogens (primary N) is 1. The van der Waals surface area contributed by atoms with Crippen molar-refractivity contribution in [1.29, 1.82) is 0 Å². The first-order valence-electron chi connectivity index (χ1n) is 22.7. The van der Waals surface area contributed by atoms with Gasteiger partial charge in [0, 0.05) is 32.2 Å². The van der Waals surface area contributed by atoms with Gasteiger partial charge in [0.05, 0.1) is 0 Å². The Hall–Kier alpha value is -6.21. The molecule has 2 bridgehead atoms. The van der Waals surface area contributed by atoms with Crippen molar-refractivity contribution in [2.45, 2.75) is 156 Å². The third kappa shape index (κ3) is 14.4. The number of amides is 8. The van der Waals surface area contributed by atoms with Gasteiger partial charge in [-0.3, -0.25) is 43.3 Å². The van der Waals surface area contributed by atoms with Gasteiger partial charge in [0.15, 0.2) is 5.88 Å². The van der Waals surface area contributed by atoms with Crippen molar-refractivity contribution in [2.24, 2.45) is 29.4 Å². The van der Waals surface area contributed by atoms with Crippen molar-refractivity contribution in [3.05, 3.63) is 41.8 Å². The maximum absolute atomic E-state index is 14.8. The van der Waals surface area contributed by atoms with E-state index in [1.165, 1.54) is 32.2 Å². The minimum absolute atomic E-state index is 0.0210. The summed E-state index contributed by atoms with van der Waals surface area (Å²) in [6, 6.07) is -4.03. The summed E-state index contributed by atoms with van der Waals surface area (Å²) >= 11 is 0. The van der Waals surface area contributed by atoms with E-state index < -0.39 is 125 Å². The van der Waals surface area contributed by atoms with E-state index in [-0.39, 0.29) is 43.8 Å². The molecule has 2 heterocycles. The molecule has 1 aromatic carbocycles. The Morgan fingerprint density at radius 3 is 2.03 bits per heavy atom. The lowest BCUT2D eigenvalue weighted by molar-refractivity contribution is -0.158. The van der Waals surface area contributed by atoms with Crippen molar-refractivity contribution in [2.75, 3.05) is 7.05 Å². The van der Waals surface area contributed by atoms with E-state index in [1.54, 1.807) is 67.5 Å². The topological polar surface area (TPSA) is 296 Å². The van der Waals surface area contributed by atoms with Crippen LogP contribution in [0, 0.1) is 23.7 Å². The third-order valence-corrected chi connectivity index (χ3v) is 12.1. The van der Waals surface area contributed by atoms with Gasteiger partial charge in [-0.05, 0) is 61.3 Å². The lowest BCUT2D eigenvalue weighted by atomic mass is 9.92. The van der Waals surface area contributed by atoms with Crippen LogP contribution < -0.4 is 32.3 Å². The molecule has 1 saturated heterocycles. The molecule has 1 fully saturated rings. The minimum atomic E-state index is -1.75. The van der Waals surface area contributed by atoms with Crippen LogP contribution in [0.3, 0.4) is 0 Å². The van der Waals surface area contributed by atoms with Crippen LogP contribution in [0.25, 0.3) is 0 Å². The van der Waals surface area contributed by atoms with Gasteiger partial charge in [0.1, 0.15) is 54.1 Å². The molecule has 0 unspecified atom stereocenters. The summed E-state index contributed by atoms with van der Waals surface area (Å²) < 4.78 is 5.90. The number of rotatable bonds is 15. The highest BCUT2D eigenvalue weighted by Gasteiger charge is 2.46. The average molecular weight is 927 g/mol. The van der Waals surface area contributed by atoms with Crippen LogP contribution in [0.2, 0.25) is 0 Å². The summed E-state index contributed by atoms with van der Waals surface area (Å²) in [7, 11) is 1.36. The molecule has 66 heavy (non-hydrogen) atoms. The molecule has 0 saturated carbocycles. The summed E-state index contributed by atoms with van der Waals surface area (Å²) in [5.41, 5.74) is 5.89. The summed E-state index contributed by atoms with van der Waals surface area (Å²) in [6.45, 7) is 15.0. The molecule has 2 aliphatic heterocycles. The number of likely N-dealkylation sites (N-methyl/N-ethyl adjacent to an activating group) is 1. The van der Waals surface area contributed by atoms with Crippen LogP contribution in [-0.2, 0) is 54.3 Å². The average Bonchev–Trinajstić information content (AvgIpc) is 3.25. The van der Waals surface area contributed by atoms with Gasteiger partial charge in [-0.2, -0.15) is 0 Å². The number of phenolic OH excluding ortho intramolecular Hbond substituents is 1. The normalized spacial score (nSPS) is 25.2. The monoisotopic (exact) mass is 927 g/mol. The van der Waals surface area contributed by atoms with Gasteiger partial charge in [0.25, 0.3) is 5.91 Å². The zero-order valence-corrected chi connectivity index (χ0v) is 39.7. The van der Waals surface area contributed by atoms with Crippen molar-refractivity contribution in [1.82, 2.24) is 36.4 Å². The Bertz CT molecular complexity index is 1970. The minimum Gasteiger partial charge on any atom is -0.508 e. The van der Waals surface area contributed by atoms with Gasteiger partial charge in [0.2, 0.25) is 41.4 Å². The summed E-state index contributed by atoms with van der Waals surface area (Å²) in [6.07, 6.45) is -0.427. The van der Waals surface area contributed by atoms with E-state index in [2.05, 4.69) is 26.6 Å². The predicted molar refractivity (Wildman–Crippen MR) is 241 cm³/mol. The number of hydrogen-bond acceptors (Lipinski definition) is 12. The van der Waals surface area contributed by atoms with E-state index in [1.807, 2.05) is 0 Å². The molecule has 20 heteroatoms. The Morgan fingerprint density at radius 1 is 0.848 bits per heavy atom. The number of cyclic esters (lactones) is 1. The van der Waals surface area contributed by atoms with Crippen LogP contribution in [0.5, 0.6) is 5.75 Å². The fourth-order valence-corrected chi connectivity index (χ4v) is 7.58. The molecular formula is C46H70N8O12. The molecule has 366 valence electrons. The number of aromatic hydroxyl groups is 1. The molecular weight excluding hydrogens is 857 g/mol. The maximum atomic E-state index is 14.8. The number of carbonyl (C=O) groups excluding carboxylic acids is 9. The fourth-order valence-electron chi connectivity index (χ4n) is 7.58. The number of carbonyl (C=O) groups is 9. The summed E-state index contributed by atoms with van der Waals surface area (Å²) in [4.78, 5) is 127. The molecule has 0 spiro atoms. The maximum Gasteiger partial charge on any atom is 0.329 e. The molecule has 3 rings (SSSR count). The van der Waals surface area contributed by atoms with Crippen LogP contribution >= 0.6 is 0 Å². The largest absolute Gasteiger partial charge is 0.508 e. The number of aliphatic hydroxyl groups is 1. The number of phenols is 1. The Labute approximate surface area is 386 Å². The number of esters is 1. The highest BCUT2D eigenvalue weighted by atomic mass is 16.5. The molecule has 1 aromatic rings. The van der Waals surface area contributed by atoms with Crippen LogP contribution in [-0.4, -0.2) is 129 Å². The molecule has 0 radical (unpaired) electrons. The van der Waals surface area contributed by atoms with E-state index in [0.717, 1.165) is 9.80 Å². The summed E-state index contributed by atoms with van der Waals surface area (Å²) in [5, 5.41) is 34.4. The molecule has 9 N–H and O–H groups in total. The van der Waals surface area contributed by atoms with E-state index in [9.17, 15) is 53.4 Å². The second-order valence-electron chi connectivity index (χ2n) is 18.1. The molecule has 8 amide bonds. The Kier molecular flexibility index (Phi) is 20.0. The highest BCUT2D eigenvalue weighted by molar-refractivity contribution is 5.99. The molecule has 0 aromatic heterocycles. The van der Waals surface area contributed by atoms with Crippen LogP contribution in [0.1, 0.15) is 106 Å². The molecule has 10 atom stereocenters. The SMILES string of the molecule is CC[C@H](C)[C@@H]1NC(=O)[C@H](Cc2ccc(O)cc2)N(C)C(=O)[C@H]([C@@H](C)CC)N2C(=O)[C@H](CC=C2O)NC(=O)[C@H](CC(C)C)NC(=O)[C@@H](NC(=O)[C@H](CCC(N)=O)NC(=O)C(C)C)[C@@H](C)OC1=O. The van der Waals surface area contributed by atoms with Crippen molar-refractivity contribution < 1.29 is 58.1 Å². The second-order valence-corrected chi connectivity index (χ2v) is 18.1. The number of ether oxygens (including phenoxy) is 1. The van der Waals surface area contributed by atoms with Gasteiger partial charge in [-0.15, -0.1) is 0 Å². The zero-order valence-electron chi connectivity index (χ0n) is 39.7. The van der Waals surface area contributed by atoms with Crippen molar-refractivity contribution >= 4 is 53.2 Å². The highest BCUT2D eigenvalue weighted by Crippen LogP contribution is 2.27. The van der Waals surface area contributed by atoms with E-state index >= 15 is 0 Å². The number of hydrogen-bond donors (Lipinski definition) is 8. The van der Waals surface area contributed by atoms with Crippen molar-refractivity contribution in [3.63, 3.8) is 0 Å². The van der Waals surface area contributed by atoms with Gasteiger partial charge >= 0.3 is 5.97 Å². The van der Waals surface area contributed by atoms with Crippen molar-refractivity contribution in [3.8, 4) is 5.75 Å². The Balaban J connectivity index is 2.28. The standard InChI is InChI=1S/C46H70N8O12/c1-11-25(7)36-46(65)66-27(9)37(52-40(59)30(17-19-34(47)56)48-39(58)24(5)6)43(62)50-32(21-23(3)4)41(60)49-31-18-20-35(57)54(44(31)63)38(26(8)12-2)45(64)53(10)33(42(61)51-36)22-28-13-15-29(55)16-14-28/h13-16,20,23-27,30-33,36-38,55,57H,11-12,17-19,21-22H2,1-10H3,(H2,47,56)(H,48,58)(H,49,60)(H,50,62)(H,51,61)(H,52,59)/t25-,26-,27+,30-,31-,32-,33-,36-,37-,38-/m0/s1. The number of nitrogens with zero attached hydrogens (tertiary/aromatic N) is 2. The predicted octanol–water partition coefficient (Wildman–Crippen LogP) is 1.19. The molecule has 0 aliphatic carbocycles. The lowest BCUT2D eigenvalue weighted by Gasteiger charge is -2.41. The number of nitrogens with one attached hydrogen (secondary N) is 5. The fraction of sp³-hybridized carbons (Fsp3) is 0.630.